The molecule has 0 bridgehead atoms. The second-order valence-corrected chi connectivity index (χ2v) is 8.97. The fourth-order valence-electron chi connectivity index (χ4n) is 3.05. The van der Waals surface area contributed by atoms with Crippen molar-refractivity contribution < 1.29 is 18.0 Å². The molecule has 0 aliphatic carbocycles. The first-order valence-corrected chi connectivity index (χ1v) is 10.4. The molecule has 0 aromatic heterocycles. The number of nitrogens with one attached hydrogen (secondary N) is 1. The number of hydrogen-bond acceptors (Lipinski definition) is 4. The zero-order valence-electron chi connectivity index (χ0n) is 15.0. The van der Waals surface area contributed by atoms with E-state index in [1.165, 1.54) is 10.5 Å². The van der Waals surface area contributed by atoms with E-state index in [1.807, 2.05) is 24.3 Å². The predicted octanol–water partition coefficient (Wildman–Crippen LogP) is 2.17. The molecule has 2 amide bonds. The number of nitrogens with zero attached hydrogens (tertiary/aromatic N) is 1. The summed E-state index contributed by atoms with van der Waals surface area (Å²) in [6, 6.07) is 7.21. The van der Waals surface area contributed by atoms with Crippen molar-refractivity contribution in [1.82, 2.24) is 4.90 Å². The van der Waals surface area contributed by atoms with Gasteiger partial charge in [-0.3, -0.25) is 9.59 Å². The minimum Gasteiger partial charge on any atom is -0.338 e. The second-order valence-electron chi connectivity index (χ2n) is 6.74. The summed E-state index contributed by atoms with van der Waals surface area (Å²) in [5, 5.41) is 2.72. The minimum atomic E-state index is -3.07. The van der Waals surface area contributed by atoms with Crippen LogP contribution in [-0.2, 0) is 19.4 Å². The van der Waals surface area contributed by atoms with Crippen molar-refractivity contribution in [2.75, 3.05) is 23.4 Å². The Kier molecular flexibility index (Phi) is 6.21. The van der Waals surface area contributed by atoms with E-state index < -0.39 is 9.84 Å². The van der Waals surface area contributed by atoms with E-state index in [0.29, 0.717) is 24.6 Å². The second kappa shape index (κ2) is 7.99. The van der Waals surface area contributed by atoms with Crippen LogP contribution in [0.1, 0.15) is 45.1 Å². The van der Waals surface area contributed by atoms with Gasteiger partial charge in [-0.25, -0.2) is 8.42 Å². The lowest BCUT2D eigenvalue weighted by atomic mass is 10.0. The number of rotatable bonds is 6. The number of sulfone groups is 1. The van der Waals surface area contributed by atoms with Crippen molar-refractivity contribution in [3.05, 3.63) is 29.8 Å². The summed E-state index contributed by atoms with van der Waals surface area (Å²) in [7, 11) is -3.07. The van der Waals surface area contributed by atoms with Crippen molar-refractivity contribution >= 4 is 27.3 Å². The molecule has 1 saturated heterocycles. The largest absolute Gasteiger partial charge is 0.338 e. The maximum absolute atomic E-state index is 12.4. The fraction of sp³-hybridized carbons (Fsp3) is 0.556. The van der Waals surface area contributed by atoms with Crippen LogP contribution in [0.3, 0.4) is 0 Å². The lowest BCUT2D eigenvalue weighted by Crippen LogP contribution is -2.42. The molecule has 2 rings (SSSR count). The molecule has 1 atom stereocenters. The van der Waals surface area contributed by atoms with Gasteiger partial charge in [-0.2, -0.15) is 0 Å². The van der Waals surface area contributed by atoms with Crippen molar-refractivity contribution in [2.24, 2.45) is 0 Å². The van der Waals surface area contributed by atoms with Gasteiger partial charge in [0.05, 0.1) is 11.5 Å². The Hall–Kier alpha value is -1.89. The van der Waals surface area contributed by atoms with Crippen LogP contribution < -0.4 is 5.32 Å². The Labute approximate surface area is 149 Å². The predicted molar refractivity (Wildman–Crippen MR) is 98.2 cm³/mol. The van der Waals surface area contributed by atoms with Crippen LogP contribution in [0, 0.1) is 0 Å². The molecule has 7 heteroatoms. The van der Waals surface area contributed by atoms with E-state index >= 15 is 0 Å². The van der Waals surface area contributed by atoms with Crippen LogP contribution in [0.25, 0.3) is 0 Å². The maximum Gasteiger partial charge on any atom is 0.233 e. The average molecular weight is 366 g/mol. The number of carbonyl (C=O) groups is 2. The number of anilines is 1. The molecule has 1 unspecified atom stereocenters. The molecule has 1 aromatic carbocycles. The molecule has 1 aliphatic heterocycles. The van der Waals surface area contributed by atoms with Crippen molar-refractivity contribution in [2.45, 2.75) is 45.6 Å². The van der Waals surface area contributed by atoms with E-state index in [9.17, 15) is 18.0 Å². The van der Waals surface area contributed by atoms with Gasteiger partial charge in [0, 0.05) is 18.3 Å². The van der Waals surface area contributed by atoms with Crippen LogP contribution in [-0.4, -0.2) is 49.2 Å². The monoisotopic (exact) mass is 366 g/mol. The smallest absolute Gasteiger partial charge is 0.233 e. The molecule has 6 nitrogen and oxygen atoms in total. The zero-order valence-corrected chi connectivity index (χ0v) is 15.8. The molecule has 1 aliphatic rings. The highest BCUT2D eigenvalue weighted by molar-refractivity contribution is 7.91. The molecular formula is C18H26N2O4S. The molecule has 1 N–H and O–H groups in total. The lowest BCUT2D eigenvalue weighted by molar-refractivity contribution is -0.135. The van der Waals surface area contributed by atoms with Gasteiger partial charge >= 0.3 is 0 Å². The van der Waals surface area contributed by atoms with Crippen LogP contribution in [0.2, 0.25) is 0 Å². The van der Waals surface area contributed by atoms with Gasteiger partial charge in [0.1, 0.15) is 6.42 Å². The van der Waals surface area contributed by atoms with E-state index in [4.69, 9.17) is 0 Å². The summed E-state index contributed by atoms with van der Waals surface area (Å²) in [6.07, 6.45) is 0.163. The van der Waals surface area contributed by atoms with Crippen molar-refractivity contribution in [3.63, 3.8) is 0 Å². The summed E-state index contributed by atoms with van der Waals surface area (Å²) in [6.45, 7) is 6.38. The highest BCUT2D eigenvalue weighted by Crippen LogP contribution is 2.19. The Morgan fingerprint density at radius 2 is 1.88 bits per heavy atom. The summed E-state index contributed by atoms with van der Waals surface area (Å²) < 4.78 is 23.2. The molecule has 1 fully saturated rings. The SMILES string of the molecule is CCN(C(=O)CC(=O)Nc1ccc(C(C)C)cc1)C1CCS(=O)(=O)C1. The van der Waals surface area contributed by atoms with Crippen LogP contribution >= 0.6 is 0 Å². The molecule has 1 aromatic rings. The molecule has 0 radical (unpaired) electrons. The number of carbonyl (C=O) groups excluding carboxylic acids is 2. The Bertz CT molecular complexity index is 726. The summed E-state index contributed by atoms with van der Waals surface area (Å²) in [5.41, 5.74) is 1.82. The highest BCUT2D eigenvalue weighted by Gasteiger charge is 2.34. The van der Waals surface area contributed by atoms with E-state index in [0.717, 1.165) is 0 Å². The van der Waals surface area contributed by atoms with Crippen LogP contribution in [0.15, 0.2) is 24.3 Å². The van der Waals surface area contributed by atoms with Crippen molar-refractivity contribution in [3.8, 4) is 0 Å². The first-order valence-electron chi connectivity index (χ1n) is 8.61. The van der Waals surface area contributed by atoms with Gasteiger partial charge in [-0.1, -0.05) is 26.0 Å². The number of benzene rings is 1. The van der Waals surface area contributed by atoms with Gasteiger partial charge in [-0.15, -0.1) is 0 Å². The third kappa shape index (κ3) is 5.29. The van der Waals surface area contributed by atoms with E-state index in [2.05, 4.69) is 19.2 Å². The van der Waals surface area contributed by atoms with Crippen molar-refractivity contribution in [1.29, 1.82) is 0 Å². The van der Waals surface area contributed by atoms with Gasteiger partial charge < -0.3 is 10.2 Å². The third-order valence-electron chi connectivity index (χ3n) is 4.48. The quantitative estimate of drug-likeness (QED) is 0.782. The Morgan fingerprint density at radius 3 is 2.36 bits per heavy atom. The summed E-state index contributed by atoms with van der Waals surface area (Å²) in [5.74, 6) is -0.213. The molecule has 0 saturated carbocycles. The molecule has 25 heavy (non-hydrogen) atoms. The molecule has 138 valence electrons. The Balaban J connectivity index is 1.93. The standard InChI is InChI=1S/C18H26N2O4S/c1-4-20(16-9-10-25(23,24)12-16)18(22)11-17(21)19-15-7-5-14(6-8-15)13(2)3/h5-8,13,16H,4,9-12H2,1-3H3,(H,19,21). The van der Waals surface area contributed by atoms with Gasteiger partial charge in [0.2, 0.25) is 11.8 Å². The molecule has 1 heterocycles. The summed E-state index contributed by atoms with van der Waals surface area (Å²) >= 11 is 0. The van der Waals surface area contributed by atoms with Gasteiger partial charge in [0.15, 0.2) is 9.84 Å². The van der Waals surface area contributed by atoms with Crippen LogP contribution in [0.4, 0.5) is 5.69 Å². The van der Waals surface area contributed by atoms with Gasteiger partial charge in [-0.05, 0) is 37.0 Å². The highest BCUT2D eigenvalue weighted by atomic mass is 32.2. The lowest BCUT2D eigenvalue weighted by Gasteiger charge is -2.26. The Morgan fingerprint density at radius 1 is 1.24 bits per heavy atom. The van der Waals surface area contributed by atoms with E-state index in [1.54, 1.807) is 6.92 Å². The number of amides is 2. The van der Waals surface area contributed by atoms with E-state index in [-0.39, 0.29) is 35.8 Å². The normalized spacial score (nSPS) is 19.0. The number of hydrogen-bond donors (Lipinski definition) is 1. The third-order valence-corrected chi connectivity index (χ3v) is 6.23. The first-order chi connectivity index (χ1) is 11.7. The van der Waals surface area contributed by atoms with Crippen LogP contribution in [0.5, 0.6) is 0 Å². The maximum atomic E-state index is 12.4. The van der Waals surface area contributed by atoms with Gasteiger partial charge in [0.25, 0.3) is 0 Å². The molecular weight excluding hydrogens is 340 g/mol. The molecule has 0 spiro atoms. The first kappa shape index (κ1) is 19.4. The summed E-state index contributed by atoms with van der Waals surface area (Å²) in [4.78, 5) is 26.0. The fourth-order valence-corrected chi connectivity index (χ4v) is 4.79. The minimum absolute atomic E-state index is 0.00906. The average Bonchev–Trinajstić information content (AvgIpc) is 2.88. The topological polar surface area (TPSA) is 83.6 Å². The zero-order chi connectivity index (χ0) is 18.6.